The molecule has 0 aromatic heterocycles. The number of rotatable bonds is 10. The maximum Gasteiger partial charge on any atom is 0.253 e. The maximum absolute atomic E-state index is 13.3. The highest BCUT2D eigenvalue weighted by Crippen LogP contribution is 2.42. The molecule has 1 amide bonds. The third-order valence-corrected chi connectivity index (χ3v) is 8.51. The highest BCUT2D eigenvalue weighted by atomic mass is 16.5. The Morgan fingerprint density at radius 2 is 1.51 bits per heavy atom. The second-order valence-corrected chi connectivity index (χ2v) is 11.3. The smallest absolute Gasteiger partial charge is 0.253 e. The first-order valence-corrected chi connectivity index (χ1v) is 14.6. The Hall–Kier alpha value is -4.33. The van der Waals surface area contributed by atoms with Crippen molar-refractivity contribution in [2.75, 3.05) is 40.9 Å². The molecule has 1 aliphatic rings. The standard InChI is InChI=1S/C36H40N2O5/c1-37(24-34(40)27-8-14-31(39)15-9-27)35(41)28-7-4-6-26(22-28)23-38-21-5-20-36(25-38,29-10-16-32(42-2)17-11-29)30-12-18-33(43-3)19-13-30/h4,6-19,22,34,39-40H,5,20-21,23-25H2,1-3H3. The molecular weight excluding hydrogens is 540 g/mol. The Labute approximate surface area is 253 Å². The van der Waals surface area contributed by atoms with Gasteiger partial charge in [0.1, 0.15) is 17.2 Å². The van der Waals surface area contributed by atoms with E-state index < -0.39 is 6.10 Å². The van der Waals surface area contributed by atoms with Crippen LogP contribution in [0.4, 0.5) is 0 Å². The zero-order chi connectivity index (χ0) is 30.4. The van der Waals surface area contributed by atoms with E-state index in [-0.39, 0.29) is 23.6 Å². The molecule has 1 fully saturated rings. The molecule has 1 atom stereocenters. The van der Waals surface area contributed by atoms with Crippen molar-refractivity contribution >= 4 is 5.91 Å². The minimum atomic E-state index is -0.852. The lowest BCUT2D eigenvalue weighted by Crippen LogP contribution is -2.46. The lowest BCUT2D eigenvalue weighted by molar-refractivity contribution is 0.0680. The molecule has 0 radical (unpaired) electrons. The number of methoxy groups -OCH3 is 2. The molecule has 7 heteroatoms. The van der Waals surface area contributed by atoms with Gasteiger partial charge in [-0.3, -0.25) is 9.69 Å². The Morgan fingerprint density at radius 3 is 2.09 bits per heavy atom. The number of phenolic OH excluding ortho intramolecular Hbond substituents is 1. The number of carbonyl (C=O) groups excluding carboxylic acids is 1. The number of likely N-dealkylation sites (tertiary alicyclic amines) is 1. The van der Waals surface area contributed by atoms with E-state index in [2.05, 4.69) is 35.2 Å². The number of hydrogen-bond acceptors (Lipinski definition) is 6. The van der Waals surface area contributed by atoms with E-state index in [4.69, 9.17) is 9.47 Å². The normalized spacial score (nSPS) is 15.4. The van der Waals surface area contributed by atoms with E-state index in [0.29, 0.717) is 11.1 Å². The molecule has 1 unspecified atom stereocenters. The summed E-state index contributed by atoms with van der Waals surface area (Å²) in [6.45, 7) is 2.66. The van der Waals surface area contributed by atoms with Crippen LogP contribution in [0.2, 0.25) is 0 Å². The van der Waals surface area contributed by atoms with Gasteiger partial charge in [-0.05, 0) is 90.2 Å². The van der Waals surface area contributed by atoms with Crippen LogP contribution >= 0.6 is 0 Å². The van der Waals surface area contributed by atoms with Crippen LogP contribution in [0.5, 0.6) is 17.2 Å². The highest BCUT2D eigenvalue weighted by Gasteiger charge is 2.39. The average Bonchev–Trinajstić information content (AvgIpc) is 3.05. The lowest BCUT2D eigenvalue weighted by Gasteiger charge is -2.44. The van der Waals surface area contributed by atoms with E-state index in [1.807, 2.05) is 42.5 Å². The van der Waals surface area contributed by atoms with E-state index in [0.717, 1.165) is 49.5 Å². The Morgan fingerprint density at radius 1 is 0.907 bits per heavy atom. The Bertz CT molecular complexity index is 1450. The number of phenols is 1. The summed E-state index contributed by atoms with van der Waals surface area (Å²) in [4.78, 5) is 17.3. The van der Waals surface area contributed by atoms with E-state index in [1.165, 1.54) is 28.2 Å². The quantitative estimate of drug-likeness (QED) is 0.247. The molecule has 5 rings (SSSR count). The van der Waals surface area contributed by atoms with Crippen molar-refractivity contribution in [1.82, 2.24) is 9.80 Å². The van der Waals surface area contributed by atoms with Crippen LogP contribution in [0, 0.1) is 0 Å². The van der Waals surface area contributed by atoms with Gasteiger partial charge >= 0.3 is 0 Å². The molecule has 2 N–H and O–H groups in total. The van der Waals surface area contributed by atoms with Crippen molar-refractivity contribution < 1.29 is 24.5 Å². The molecule has 0 bridgehead atoms. The first-order valence-electron chi connectivity index (χ1n) is 14.6. The molecule has 43 heavy (non-hydrogen) atoms. The summed E-state index contributed by atoms with van der Waals surface area (Å²) in [6, 6.07) is 31.0. The van der Waals surface area contributed by atoms with Crippen molar-refractivity contribution in [3.8, 4) is 17.2 Å². The monoisotopic (exact) mass is 580 g/mol. The van der Waals surface area contributed by atoms with E-state index in [9.17, 15) is 15.0 Å². The number of carbonyl (C=O) groups is 1. The van der Waals surface area contributed by atoms with E-state index in [1.54, 1.807) is 33.4 Å². The third-order valence-electron chi connectivity index (χ3n) is 8.51. The van der Waals surface area contributed by atoms with Crippen LogP contribution in [-0.2, 0) is 12.0 Å². The van der Waals surface area contributed by atoms with Crippen molar-refractivity contribution in [3.63, 3.8) is 0 Å². The molecule has 1 heterocycles. The van der Waals surface area contributed by atoms with Gasteiger partial charge in [0.05, 0.1) is 26.9 Å². The van der Waals surface area contributed by atoms with Gasteiger partial charge in [0.25, 0.3) is 5.91 Å². The number of aliphatic hydroxyl groups excluding tert-OH is 1. The van der Waals surface area contributed by atoms with Gasteiger partial charge in [-0.15, -0.1) is 0 Å². The summed E-state index contributed by atoms with van der Waals surface area (Å²) >= 11 is 0. The number of aromatic hydroxyl groups is 1. The van der Waals surface area contributed by atoms with Gasteiger partial charge in [0.2, 0.25) is 0 Å². The van der Waals surface area contributed by atoms with Crippen LogP contribution in [-0.4, -0.2) is 66.8 Å². The fraction of sp³-hybridized carbons (Fsp3) is 0.306. The minimum absolute atomic E-state index is 0.135. The number of piperidine rings is 1. The highest BCUT2D eigenvalue weighted by molar-refractivity contribution is 5.94. The molecule has 4 aromatic rings. The fourth-order valence-electron chi connectivity index (χ4n) is 6.16. The first-order chi connectivity index (χ1) is 20.8. The van der Waals surface area contributed by atoms with Gasteiger partial charge in [0.15, 0.2) is 0 Å². The number of ether oxygens (including phenoxy) is 2. The fourth-order valence-corrected chi connectivity index (χ4v) is 6.16. The maximum atomic E-state index is 13.3. The second-order valence-electron chi connectivity index (χ2n) is 11.3. The van der Waals surface area contributed by atoms with Crippen molar-refractivity contribution in [2.24, 2.45) is 0 Å². The van der Waals surface area contributed by atoms with E-state index >= 15 is 0 Å². The van der Waals surface area contributed by atoms with Crippen LogP contribution in [0.1, 0.15) is 51.6 Å². The molecule has 1 saturated heterocycles. The van der Waals surface area contributed by atoms with Gasteiger partial charge in [-0.1, -0.05) is 48.5 Å². The molecule has 224 valence electrons. The van der Waals surface area contributed by atoms with Crippen molar-refractivity contribution in [3.05, 3.63) is 125 Å². The Balaban J connectivity index is 1.34. The van der Waals surface area contributed by atoms with Crippen LogP contribution < -0.4 is 9.47 Å². The van der Waals surface area contributed by atoms with Crippen LogP contribution in [0.15, 0.2) is 97.1 Å². The molecule has 7 nitrogen and oxygen atoms in total. The van der Waals surface area contributed by atoms with Gasteiger partial charge in [0, 0.05) is 31.1 Å². The molecule has 0 aliphatic carbocycles. The first kappa shape index (κ1) is 30.1. The number of amides is 1. The molecule has 0 saturated carbocycles. The summed E-state index contributed by atoms with van der Waals surface area (Å²) in [5, 5.41) is 20.2. The largest absolute Gasteiger partial charge is 0.508 e. The zero-order valence-electron chi connectivity index (χ0n) is 25.1. The van der Waals surface area contributed by atoms with Crippen molar-refractivity contribution in [2.45, 2.75) is 30.9 Å². The zero-order valence-corrected chi connectivity index (χ0v) is 25.1. The summed E-state index contributed by atoms with van der Waals surface area (Å²) in [5.41, 5.74) is 4.61. The number of nitrogens with zero attached hydrogens (tertiary/aromatic N) is 2. The van der Waals surface area contributed by atoms with Crippen LogP contribution in [0.25, 0.3) is 0 Å². The number of aliphatic hydroxyl groups is 1. The molecule has 0 spiro atoms. The molecular formula is C36H40N2O5. The lowest BCUT2D eigenvalue weighted by atomic mass is 9.69. The topological polar surface area (TPSA) is 82.5 Å². The second kappa shape index (κ2) is 13.3. The summed E-state index contributed by atoms with van der Waals surface area (Å²) in [7, 11) is 5.07. The number of benzene rings is 4. The van der Waals surface area contributed by atoms with Gasteiger partial charge < -0.3 is 24.6 Å². The SMILES string of the molecule is COc1ccc(C2(c3ccc(OC)cc3)CCCN(Cc3cccc(C(=O)N(C)CC(O)c4ccc(O)cc4)c3)C2)cc1. The minimum Gasteiger partial charge on any atom is -0.508 e. The average molecular weight is 581 g/mol. The van der Waals surface area contributed by atoms with Gasteiger partial charge in [-0.2, -0.15) is 0 Å². The summed E-state index contributed by atoms with van der Waals surface area (Å²) < 4.78 is 10.9. The van der Waals surface area contributed by atoms with Crippen LogP contribution in [0.3, 0.4) is 0 Å². The molecule has 4 aromatic carbocycles. The number of hydrogen-bond donors (Lipinski definition) is 2. The van der Waals surface area contributed by atoms with Gasteiger partial charge in [-0.25, -0.2) is 0 Å². The predicted molar refractivity (Wildman–Crippen MR) is 168 cm³/mol. The Kier molecular flexibility index (Phi) is 9.34. The summed E-state index contributed by atoms with van der Waals surface area (Å²) in [6.07, 6.45) is 1.21. The molecule has 1 aliphatic heterocycles. The third kappa shape index (κ3) is 6.85. The summed E-state index contributed by atoms with van der Waals surface area (Å²) in [5.74, 6) is 1.66. The predicted octanol–water partition coefficient (Wildman–Crippen LogP) is 5.80. The van der Waals surface area contributed by atoms with Crippen molar-refractivity contribution in [1.29, 1.82) is 0 Å². The number of likely N-dealkylation sites (N-methyl/N-ethyl adjacent to an activating group) is 1.